The third kappa shape index (κ3) is 0.999. The Bertz CT molecular complexity index is 714. The van der Waals surface area contributed by atoms with Crippen LogP contribution in [0, 0.1) is 5.82 Å². The molecule has 0 atom stereocenters. The lowest BCUT2D eigenvalue weighted by Crippen LogP contribution is -2.04. The van der Waals surface area contributed by atoms with Crippen LogP contribution in [0.2, 0.25) is 0 Å². The topological polar surface area (TPSA) is 58.9 Å². The molecule has 1 N–H and O–H groups in total. The Hall–Kier alpha value is -2.17. The summed E-state index contributed by atoms with van der Waals surface area (Å²) in [6.07, 6.45) is 1.23. The molecule has 15 heavy (non-hydrogen) atoms. The molecule has 1 aromatic carbocycles. The van der Waals surface area contributed by atoms with Gasteiger partial charge in [0, 0.05) is 0 Å². The van der Waals surface area contributed by atoms with Crippen LogP contribution in [-0.4, -0.2) is 9.97 Å². The van der Waals surface area contributed by atoms with E-state index in [1.807, 2.05) is 0 Å². The molecule has 0 bridgehead atoms. The number of H-pyrrole nitrogens is 1. The van der Waals surface area contributed by atoms with Gasteiger partial charge in [0.1, 0.15) is 16.9 Å². The highest BCUT2D eigenvalue weighted by atomic mass is 19.1. The van der Waals surface area contributed by atoms with Crippen LogP contribution in [0.4, 0.5) is 4.39 Å². The van der Waals surface area contributed by atoms with Crippen LogP contribution in [0.1, 0.15) is 0 Å². The van der Waals surface area contributed by atoms with E-state index in [-0.39, 0.29) is 16.5 Å². The maximum absolute atomic E-state index is 13.5. The summed E-state index contributed by atoms with van der Waals surface area (Å²) in [4.78, 5) is 17.6. The molecule has 0 unspecified atom stereocenters. The van der Waals surface area contributed by atoms with E-state index in [1.54, 1.807) is 6.07 Å². The van der Waals surface area contributed by atoms with Crippen molar-refractivity contribution in [3.63, 3.8) is 0 Å². The maximum Gasteiger partial charge on any atom is 0.294 e. The number of aromatic amines is 1. The quantitative estimate of drug-likeness (QED) is 0.607. The molecule has 0 aliphatic rings. The molecule has 2 heterocycles. The number of rotatable bonds is 0. The summed E-state index contributed by atoms with van der Waals surface area (Å²) >= 11 is 0. The Labute approximate surface area is 82.4 Å². The number of aromatic nitrogens is 2. The number of fused-ring (bicyclic) bond motifs is 3. The van der Waals surface area contributed by atoms with Gasteiger partial charge in [-0.2, -0.15) is 0 Å². The van der Waals surface area contributed by atoms with Crippen molar-refractivity contribution in [1.82, 2.24) is 9.97 Å². The molecule has 0 radical (unpaired) electrons. The zero-order valence-electron chi connectivity index (χ0n) is 7.45. The SMILES string of the molecule is O=c1[nH]cnc2c1oc1cccc(F)c12. The highest BCUT2D eigenvalue weighted by Gasteiger charge is 2.13. The number of hydrogen-bond acceptors (Lipinski definition) is 3. The third-order valence-electron chi connectivity index (χ3n) is 2.23. The largest absolute Gasteiger partial charge is 0.448 e. The van der Waals surface area contributed by atoms with Crippen molar-refractivity contribution in [3.8, 4) is 0 Å². The number of hydrogen-bond donors (Lipinski definition) is 1. The van der Waals surface area contributed by atoms with Gasteiger partial charge in [0.2, 0.25) is 5.58 Å². The molecule has 3 rings (SSSR count). The second-order valence-electron chi connectivity index (χ2n) is 3.12. The van der Waals surface area contributed by atoms with E-state index in [0.29, 0.717) is 5.58 Å². The van der Waals surface area contributed by atoms with Crippen molar-refractivity contribution in [2.75, 3.05) is 0 Å². The van der Waals surface area contributed by atoms with Crippen LogP contribution in [0.15, 0.2) is 33.7 Å². The Kier molecular flexibility index (Phi) is 1.45. The molecule has 0 saturated heterocycles. The molecule has 4 nitrogen and oxygen atoms in total. The van der Waals surface area contributed by atoms with Gasteiger partial charge in [-0.3, -0.25) is 4.79 Å². The lowest BCUT2D eigenvalue weighted by Gasteiger charge is -1.89. The fraction of sp³-hybridized carbons (Fsp3) is 0. The van der Waals surface area contributed by atoms with Gasteiger partial charge in [0.05, 0.1) is 11.7 Å². The minimum Gasteiger partial charge on any atom is -0.448 e. The second-order valence-corrected chi connectivity index (χ2v) is 3.12. The number of furan rings is 1. The van der Waals surface area contributed by atoms with Crippen LogP contribution in [0.25, 0.3) is 22.1 Å². The first kappa shape index (κ1) is 8.16. The number of halogens is 1. The summed E-state index contributed by atoms with van der Waals surface area (Å²) in [6.45, 7) is 0. The van der Waals surface area contributed by atoms with E-state index in [9.17, 15) is 9.18 Å². The van der Waals surface area contributed by atoms with E-state index >= 15 is 0 Å². The molecule has 5 heteroatoms. The molecular weight excluding hydrogens is 199 g/mol. The summed E-state index contributed by atoms with van der Waals surface area (Å²) in [5.74, 6) is -0.440. The first-order chi connectivity index (χ1) is 7.27. The minimum atomic E-state index is -0.440. The lowest BCUT2D eigenvalue weighted by molar-refractivity contribution is 0.633. The van der Waals surface area contributed by atoms with E-state index in [0.717, 1.165) is 0 Å². The number of benzene rings is 1. The van der Waals surface area contributed by atoms with E-state index in [1.165, 1.54) is 18.5 Å². The summed E-state index contributed by atoms with van der Waals surface area (Å²) in [5, 5.41) is 0.249. The van der Waals surface area contributed by atoms with Gasteiger partial charge in [-0.25, -0.2) is 9.37 Å². The zero-order chi connectivity index (χ0) is 10.4. The monoisotopic (exact) mass is 204 g/mol. The standard InChI is InChI=1S/C10H5FN2O2/c11-5-2-1-3-6-7(5)8-9(15-6)10(14)13-4-12-8/h1-4H,(H,12,13,14). The van der Waals surface area contributed by atoms with Gasteiger partial charge in [-0.15, -0.1) is 0 Å². The third-order valence-corrected chi connectivity index (χ3v) is 2.23. The predicted molar refractivity (Wildman–Crippen MR) is 52.1 cm³/mol. The van der Waals surface area contributed by atoms with Crippen molar-refractivity contribution < 1.29 is 8.81 Å². The first-order valence-corrected chi connectivity index (χ1v) is 4.32. The van der Waals surface area contributed by atoms with Crippen molar-refractivity contribution >= 4 is 22.1 Å². The molecule has 0 amide bonds. The Morgan fingerprint density at radius 1 is 1.40 bits per heavy atom. The van der Waals surface area contributed by atoms with Crippen molar-refractivity contribution in [2.45, 2.75) is 0 Å². The Balaban J connectivity index is 2.71. The summed E-state index contributed by atoms with van der Waals surface area (Å²) in [5.41, 5.74) is 0.231. The van der Waals surface area contributed by atoms with Crippen LogP contribution < -0.4 is 5.56 Å². The van der Waals surface area contributed by atoms with Gasteiger partial charge in [0.25, 0.3) is 5.56 Å². The zero-order valence-corrected chi connectivity index (χ0v) is 7.45. The molecule has 0 aliphatic heterocycles. The van der Waals surface area contributed by atoms with Crippen LogP contribution in [0.3, 0.4) is 0 Å². The lowest BCUT2D eigenvalue weighted by atomic mass is 10.2. The van der Waals surface area contributed by atoms with Crippen molar-refractivity contribution in [1.29, 1.82) is 0 Å². The van der Waals surface area contributed by atoms with Gasteiger partial charge in [-0.05, 0) is 12.1 Å². The number of nitrogens with zero attached hydrogens (tertiary/aromatic N) is 1. The summed E-state index contributed by atoms with van der Waals surface area (Å²) in [6, 6.07) is 4.42. The average molecular weight is 204 g/mol. The molecule has 74 valence electrons. The van der Waals surface area contributed by atoms with Crippen LogP contribution >= 0.6 is 0 Å². The maximum atomic E-state index is 13.5. The van der Waals surface area contributed by atoms with E-state index < -0.39 is 11.4 Å². The highest BCUT2D eigenvalue weighted by molar-refractivity contribution is 6.02. The van der Waals surface area contributed by atoms with Gasteiger partial charge in [0.15, 0.2) is 0 Å². The molecular formula is C10H5FN2O2. The highest BCUT2D eigenvalue weighted by Crippen LogP contribution is 2.26. The van der Waals surface area contributed by atoms with Gasteiger partial charge in [-0.1, -0.05) is 6.07 Å². The molecule has 0 spiro atoms. The van der Waals surface area contributed by atoms with Crippen LogP contribution in [-0.2, 0) is 0 Å². The normalized spacial score (nSPS) is 11.3. The van der Waals surface area contributed by atoms with Crippen molar-refractivity contribution in [3.05, 3.63) is 40.7 Å². The summed E-state index contributed by atoms with van der Waals surface area (Å²) < 4.78 is 18.7. The summed E-state index contributed by atoms with van der Waals surface area (Å²) in [7, 11) is 0. The second kappa shape index (κ2) is 2.66. The van der Waals surface area contributed by atoms with Gasteiger partial charge < -0.3 is 9.40 Å². The minimum absolute atomic E-state index is 0.0533. The average Bonchev–Trinajstić information content (AvgIpc) is 2.59. The molecule has 0 fully saturated rings. The van der Waals surface area contributed by atoms with E-state index in [2.05, 4.69) is 9.97 Å². The Morgan fingerprint density at radius 2 is 2.27 bits per heavy atom. The van der Waals surface area contributed by atoms with Crippen molar-refractivity contribution in [2.24, 2.45) is 0 Å². The van der Waals surface area contributed by atoms with E-state index in [4.69, 9.17) is 4.42 Å². The molecule has 3 aromatic rings. The first-order valence-electron chi connectivity index (χ1n) is 4.32. The molecule has 2 aromatic heterocycles. The molecule has 0 aliphatic carbocycles. The van der Waals surface area contributed by atoms with Crippen LogP contribution in [0.5, 0.6) is 0 Å². The predicted octanol–water partition coefficient (Wildman–Crippen LogP) is 1.81. The fourth-order valence-corrected chi connectivity index (χ4v) is 1.59. The number of nitrogens with one attached hydrogen (secondary N) is 1. The molecule has 0 saturated carbocycles. The smallest absolute Gasteiger partial charge is 0.294 e. The Morgan fingerprint density at radius 3 is 3.13 bits per heavy atom. The fourth-order valence-electron chi connectivity index (χ4n) is 1.59. The van der Waals surface area contributed by atoms with Gasteiger partial charge >= 0.3 is 0 Å².